The maximum Gasteiger partial charge on any atom is 0.417 e. The lowest BCUT2D eigenvalue weighted by atomic mass is 9.94. The Kier molecular flexibility index (Phi) is 6.48. The molecule has 4 rings (SSSR count). The molecule has 4 nitrogen and oxygen atoms in total. The molecule has 2 heterocycles. The van der Waals surface area contributed by atoms with Crippen molar-refractivity contribution in [3.8, 4) is 11.1 Å². The summed E-state index contributed by atoms with van der Waals surface area (Å²) in [5.41, 5.74) is 1.49. The maximum atomic E-state index is 13.2. The Morgan fingerprint density at radius 2 is 1.91 bits per heavy atom. The van der Waals surface area contributed by atoms with Crippen molar-refractivity contribution in [3.63, 3.8) is 0 Å². The zero-order valence-electron chi connectivity index (χ0n) is 17.0. The molecule has 0 unspecified atom stereocenters. The van der Waals surface area contributed by atoms with Crippen molar-refractivity contribution < 1.29 is 18.0 Å². The van der Waals surface area contributed by atoms with E-state index in [0.717, 1.165) is 42.1 Å². The summed E-state index contributed by atoms with van der Waals surface area (Å²) >= 11 is 5.98. The minimum absolute atomic E-state index is 0.0485. The first-order chi connectivity index (χ1) is 15.3. The first-order valence-corrected chi connectivity index (χ1v) is 10.6. The van der Waals surface area contributed by atoms with Crippen LogP contribution in [0.1, 0.15) is 40.4 Å². The first kappa shape index (κ1) is 22.3. The smallest absolute Gasteiger partial charge is 0.344 e. The van der Waals surface area contributed by atoms with Crippen LogP contribution < -0.4 is 10.6 Å². The van der Waals surface area contributed by atoms with Crippen LogP contribution in [-0.2, 0) is 6.18 Å². The van der Waals surface area contributed by atoms with Crippen molar-refractivity contribution in [2.24, 2.45) is 0 Å². The lowest BCUT2D eigenvalue weighted by molar-refractivity contribution is -0.137. The number of nitrogens with one attached hydrogen (secondary N) is 2. The van der Waals surface area contributed by atoms with Gasteiger partial charge in [0.15, 0.2) is 0 Å². The second kappa shape index (κ2) is 9.30. The third-order valence-corrected chi connectivity index (χ3v) is 5.98. The summed E-state index contributed by atoms with van der Waals surface area (Å²) in [5, 5.41) is 5.70. The third-order valence-electron chi connectivity index (χ3n) is 5.58. The van der Waals surface area contributed by atoms with Gasteiger partial charge in [0, 0.05) is 18.4 Å². The quantitative estimate of drug-likeness (QED) is 0.519. The molecule has 1 aliphatic heterocycles. The Balaban J connectivity index is 1.67. The van der Waals surface area contributed by atoms with Crippen LogP contribution in [0.5, 0.6) is 0 Å². The second-order valence-corrected chi connectivity index (χ2v) is 8.06. The molecule has 1 amide bonds. The highest BCUT2D eigenvalue weighted by atomic mass is 35.5. The lowest BCUT2D eigenvalue weighted by Gasteiger charge is -2.26. The molecule has 1 aliphatic rings. The standard InChI is InChI=1S/C24H21ClF3N3O/c25-21-18(8-2-9-19(21)24(26,27)28)23(32)31-22(20-10-4-12-30-20)16-6-1-5-15(13-16)17-7-3-11-29-14-17/h1-3,5-9,11,13-14,20,22,30H,4,10,12H2,(H,31,32)/t20-,22-/m0/s1. The molecule has 8 heteroatoms. The Bertz CT molecular complexity index is 1100. The fraction of sp³-hybridized carbons (Fsp3) is 0.250. The van der Waals surface area contributed by atoms with Crippen LogP contribution in [-0.4, -0.2) is 23.5 Å². The molecule has 0 saturated carbocycles. The minimum atomic E-state index is -4.64. The summed E-state index contributed by atoms with van der Waals surface area (Å²) in [6.45, 7) is 0.809. The average Bonchev–Trinajstić information content (AvgIpc) is 3.32. The molecule has 0 aliphatic carbocycles. The topological polar surface area (TPSA) is 54.0 Å². The Morgan fingerprint density at radius 1 is 1.12 bits per heavy atom. The van der Waals surface area contributed by atoms with Gasteiger partial charge >= 0.3 is 6.18 Å². The molecule has 0 spiro atoms. The fourth-order valence-electron chi connectivity index (χ4n) is 4.00. The Morgan fingerprint density at radius 3 is 2.59 bits per heavy atom. The number of amides is 1. The molecule has 166 valence electrons. The normalized spacial score (nSPS) is 17.2. The van der Waals surface area contributed by atoms with Gasteiger partial charge < -0.3 is 10.6 Å². The number of pyridine rings is 1. The van der Waals surface area contributed by atoms with E-state index in [0.29, 0.717) is 0 Å². The predicted octanol–water partition coefficient (Wildman–Crippen LogP) is 5.64. The minimum Gasteiger partial charge on any atom is -0.344 e. The Hall–Kier alpha value is -2.90. The van der Waals surface area contributed by atoms with Gasteiger partial charge in [-0.25, -0.2) is 0 Å². The van der Waals surface area contributed by atoms with Crippen LogP contribution >= 0.6 is 11.6 Å². The summed E-state index contributed by atoms with van der Waals surface area (Å²) in [6.07, 6.45) is 0.584. The van der Waals surface area contributed by atoms with Crippen molar-refractivity contribution in [2.75, 3.05) is 6.54 Å². The molecule has 1 fully saturated rings. The van der Waals surface area contributed by atoms with Gasteiger partial charge in [-0.05, 0) is 60.3 Å². The van der Waals surface area contributed by atoms with Gasteiger partial charge in [-0.15, -0.1) is 0 Å². The third kappa shape index (κ3) is 4.79. The molecule has 1 saturated heterocycles. The maximum absolute atomic E-state index is 13.2. The molecule has 2 atom stereocenters. The van der Waals surface area contributed by atoms with Crippen LogP contribution in [0, 0.1) is 0 Å². The second-order valence-electron chi connectivity index (χ2n) is 7.69. The van der Waals surface area contributed by atoms with Gasteiger partial charge in [-0.3, -0.25) is 9.78 Å². The molecular weight excluding hydrogens is 439 g/mol. The van der Waals surface area contributed by atoms with E-state index in [1.807, 2.05) is 36.4 Å². The number of alkyl halides is 3. The summed E-state index contributed by atoms with van der Waals surface area (Å²) in [5.74, 6) is -0.647. The average molecular weight is 460 g/mol. The first-order valence-electron chi connectivity index (χ1n) is 10.2. The van der Waals surface area contributed by atoms with Crippen LogP contribution in [0.4, 0.5) is 13.2 Å². The van der Waals surface area contributed by atoms with Crippen LogP contribution in [0.15, 0.2) is 67.0 Å². The molecule has 32 heavy (non-hydrogen) atoms. The van der Waals surface area contributed by atoms with E-state index in [-0.39, 0.29) is 11.6 Å². The largest absolute Gasteiger partial charge is 0.417 e. The molecule has 0 radical (unpaired) electrons. The Labute approximate surface area is 188 Å². The number of rotatable bonds is 5. The highest BCUT2D eigenvalue weighted by Crippen LogP contribution is 2.36. The highest BCUT2D eigenvalue weighted by Gasteiger charge is 2.35. The summed E-state index contributed by atoms with van der Waals surface area (Å²) < 4.78 is 39.7. The van der Waals surface area contributed by atoms with Crippen molar-refractivity contribution in [2.45, 2.75) is 31.1 Å². The van der Waals surface area contributed by atoms with Crippen molar-refractivity contribution >= 4 is 17.5 Å². The lowest BCUT2D eigenvalue weighted by Crippen LogP contribution is -2.41. The van der Waals surface area contributed by atoms with E-state index in [1.165, 1.54) is 12.1 Å². The summed E-state index contributed by atoms with van der Waals surface area (Å²) in [6, 6.07) is 14.4. The number of nitrogens with zero attached hydrogens (tertiary/aromatic N) is 1. The number of benzene rings is 2. The summed E-state index contributed by atoms with van der Waals surface area (Å²) in [4.78, 5) is 17.2. The zero-order chi connectivity index (χ0) is 22.7. The molecule has 2 aromatic carbocycles. The molecule has 0 bridgehead atoms. The van der Waals surface area contributed by atoms with Gasteiger partial charge in [-0.1, -0.05) is 41.9 Å². The van der Waals surface area contributed by atoms with Gasteiger partial charge in [0.25, 0.3) is 5.91 Å². The van der Waals surface area contributed by atoms with E-state index < -0.39 is 28.7 Å². The van der Waals surface area contributed by atoms with Gasteiger partial charge in [0.2, 0.25) is 0 Å². The van der Waals surface area contributed by atoms with Crippen molar-refractivity contribution in [3.05, 3.63) is 88.7 Å². The van der Waals surface area contributed by atoms with Gasteiger partial charge in [0.1, 0.15) is 0 Å². The highest BCUT2D eigenvalue weighted by molar-refractivity contribution is 6.34. The fourth-order valence-corrected chi connectivity index (χ4v) is 4.32. The monoisotopic (exact) mass is 459 g/mol. The summed E-state index contributed by atoms with van der Waals surface area (Å²) in [7, 11) is 0. The van der Waals surface area contributed by atoms with E-state index >= 15 is 0 Å². The van der Waals surface area contributed by atoms with E-state index in [1.54, 1.807) is 12.4 Å². The molecule has 2 N–H and O–H groups in total. The van der Waals surface area contributed by atoms with E-state index in [9.17, 15) is 18.0 Å². The predicted molar refractivity (Wildman–Crippen MR) is 117 cm³/mol. The van der Waals surface area contributed by atoms with Gasteiger partial charge in [0.05, 0.1) is 22.2 Å². The van der Waals surface area contributed by atoms with Gasteiger partial charge in [-0.2, -0.15) is 13.2 Å². The SMILES string of the molecule is O=C(N[C@@H](c1cccc(-c2cccnc2)c1)[C@@H]1CCCN1)c1cccc(C(F)(F)F)c1Cl. The number of hydrogen-bond donors (Lipinski definition) is 2. The number of carbonyl (C=O) groups excluding carboxylic acids is 1. The zero-order valence-corrected chi connectivity index (χ0v) is 17.8. The van der Waals surface area contributed by atoms with Crippen LogP contribution in [0.3, 0.4) is 0 Å². The van der Waals surface area contributed by atoms with Crippen LogP contribution in [0.25, 0.3) is 11.1 Å². The van der Waals surface area contributed by atoms with Crippen molar-refractivity contribution in [1.29, 1.82) is 0 Å². The van der Waals surface area contributed by atoms with Crippen LogP contribution in [0.2, 0.25) is 5.02 Å². The van der Waals surface area contributed by atoms with E-state index in [4.69, 9.17) is 11.6 Å². The molecule has 1 aromatic heterocycles. The van der Waals surface area contributed by atoms with Crippen molar-refractivity contribution in [1.82, 2.24) is 15.6 Å². The number of hydrogen-bond acceptors (Lipinski definition) is 3. The van der Waals surface area contributed by atoms with E-state index in [2.05, 4.69) is 15.6 Å². The number of carbonyl (C=O) groups is 1. The molecular formula is C24H21ClF3N3O. The number of aromatic nitrogens is 1. The number of halogens is 4. The molecule has 3 aromatic rings.